The molecule has 0 spiro atoms. The van der Waals surface area contributed by atoms with Gasteiger partial charge in [0.05, 0.1) is 5.69 Å². The summed E-state index contributed by atoms with van der Waals surface area (Å²) in [6, 6.07) is 4.07. The Labute approximate surface area is 95.7 Å². The van der Waals surface area contributed by atoms with Gasteiger partial charge in [-0.25, -0.2) is 4.98 Å². The standard InChI is InChI=1S/C13H18N2O/c1-4-12-15-11-7-9(5-8(2)3)6-10(14)13(11)16-12/h6-8H,4-5,14H2,1-3H3. The highest BCUT2D eigenvalue weighted by molar-refractivity contribution is 5.85. The normalized spacial score (nSPS) is 11.5. The molecule has 0 amide bonds. The van der Waals surface area contributed by atoms with Crippen LogP contribution in [0.4, 0.5) is 5.69 Å². The van der Waals surface area contributed by atoms with Gasteiger partial charge in [0.1, 0.15) is 5.52 Å². The predicted octanol–water partition coefficient (Wildman–Crippen LogP) is 3.17. The predicted molar refractivity (Wildman–Crippen MR) is 66.3 cm³/mol. The van der Waals surface area contributed by atoms with E-state index in [4.69, 9.17) is 10.2 Å². The van der Waals surface area contributed by atoms with Crippen LogP contribution >= 0.6 is 0 Å². The molecule has 0 saturated heterocycles. The van der Waals surface area contributed by atoms with Crippen LogP contribution in [0, 0.1) is 5.92 Å². The summed E-state index contributed by atoms with van der Waals surface area (Å²) in [6.07, 6.45) is 1.82. The molecule has 1 aromatic heterocycles. The van der Waals surface area contributed by atoms with Crippen LogP contribution in [0.1, 0.15) is 32.2 Å². The fraction of sp³-hybridized carbons (Fsp3) is 0.462. The van der Waals surface area contributed by atoms with Crippen LogP contribution < -0.4 is 5.73 Å². The first-order chi connectivity index (χ1) is 7.60. The third-order valence-electron chi connectivity index (χ3n) is 2.57. The quantitative estimate of drug-likeness (QED) is 0.805. The van der Waals surface area contributed by atoms with Gasteiger partial charge in [0, 0.05) is 6.42 Å². The molecule has 0 unspecified atom stereocenters. The number of aromatic nitrogens is 1. The first kappa shape index (κ1) is 11.0. The van der Waals surface area contributed by atoms with Gasteiger partial charge in [-0.2, -0.15) is 0 Å². The highest BCUT2D eigenvalue weighted by Crippen LogP contribution is 2.25. The topological polar surface area (TPSA) is 52.0 Å². The molecule has 0 aliphatic carbocycles. The van der Waals surface area contributed by atoms with Crippen LogP contribution in [0.15, 0.2) is 16.5 Å². The van der Waals surface area contributed by atoms with Crippen molar-refractivity contribution in [1.29, 1.82) is 0 Å². The van der Waals surface area contributed by atoms with E-state index in [9.17, 15) is 0 Å². The molecule has 0 bridgehead atoms. The Hall–Kier alpha value is -1.51. The molecule has 0 radical (unpaired) electrons. The van der Waals surface area contributed by atoms with Crippen molar-refractivity contribution in [1.82, 2.24) is 4.98 Å². The van der Waals surface area contributed by atoms with E-state index in [0.29, 0.717) is 11.6 Å². The Kier molecular flexibility index (Phi) is 2.86. The van der Waals surface area contributed by atoms with E-state index in [1.54, 1.807) is 0 Å². The molecule has 0 aliphatic heterocycles. The maximum atomic E-state index is 5.97. The number of hydrogen-bond acceptors (Lipinski definition) is 3. The third-order valence-corrected chi connectivity index (χ3v) is 2.57. The molecule has 2 rings (SSSR count). The Morgan fingerprint density at radius 3 is 2.75 bits per heavy atom. The lowest BCUT2D eigenvalue weighted by Gasteiger charge is -2.05. The fourth-order valence-corrected chi connectivity index (χ4v) is 1.91. The number of nitrogens with zero attached hydrogens (tertiary/aromatic N) is 1. The van der Waals surface area contributed by atoms with Crippen molar-refractivity contribution in [2.24, 2.45) is 5.92 Å². The average Bonchev–Trinajstić information content (AvgIpc) is 2.60. The summed E-state index contributed by atoms with van der Waals surface area (Å²) in [4.78, 5) is 4.41. The summed E-state index contributed by atoms with van der Waals surface area (Å²) in [6.45, 7) is 6.41. The van der Waals surface area contributed by atoms with Gasteiger partial charge in [0.25, 0.3) is 0 Å². The number of aryl methyl sites for hydroxylation is 1. The minimum Gasteiger partial charge on any atom is -0.439 e. The molecule has 16 heavy (non-hydrogen) atoms. The highest BCUT2D eigenvalue weighted by Gasteiger charge is 2.09. The molecular weight excluding hydrogens is 200 g/mol. The lowest BCUT2D eigenvalue weighted by atomic mass is 10.0. The molecule has 2 aromatic rings. The summed E-state index contributed by atoms with van der Waals surface area (Å²) >= 11 is 0. The van der Waals surface area contributed by atoms with Crippen LogP contribution in [0.2, 0.25) is 0 Å². The molecule has 0 fully saturated rings. The van der Waals surface area contributed by atoms with Crippen LogP contribution in [0.5, 0.6) is 0 Å². The minimum atomic E-state index is 0.620. The largest absolute Gasteiger partial charge is 0.439 e. The number of nitrogen functional groups attached to an aromatic ring is 1. The lowest BCUT2D eigenvalue weighted by Crippen LogP contribution is -1.96. The first-order valence-electron chi connectivity index (χ1n) is 5.78. The van der Waals surface area contributed by atoms with E-state index < -0.39 is 0 Å². The lowest BCUT2D eigenvalue weighted by molar-refractivity contribution is 0.539. The van der Waals surface area contributed by atoms with Crippen LogP contribution in [0.3, 0.4) is 0 Å². The average molecular weight is 218 g/mol. The zero-order chi connectivity index (χ0) is 11.7. The molecule has 0 atom stereocenters. The number of nitrogens with two attached hydrogens (primary N) is 1. The number of hydrogen-bond donors (Lipinski definition) is 1. The third kappa shape index (κ3) is 2.03. The van der Waals surface area contributed by atoms with Gasteiger partial charge in [-0.05, 0) is 30.0 Å². The van der Waals surface area contributed by atoms with Crippen molar-refractivity contribution in [2.45, 2.75) is 33.6 Å². The van der Waals surface area contributed by atoms with Crippen molar-refractivity contribution in [3.63, 3.8) is 0 Å². The minimum absolute atomic E-state index is 0.620. The van der Waals surface area contributed by atoms with Gasteiger partial charge in [0.15, 0.2) is 11.5 Å². The van der Waals surface area contributed by atoms with E-state index in [2.05, 4.69) is 24.9 Å². The highest BCUT2D eigenvalue weighted by atomic mass is 16.3. The van der Waals surface area contributed by atoms with Gasteiger partial charge in [-0.3, -0.25) is 0 Å². The maximum Gasteiger partial charge on any atom is 0.195 e. The van der Waals surface area contributed by atoms with Gasteiger partial charge >= 0.3 is 0 Å². The van der Waals surface area contributed by atoms with Crippen molar-refractivity contribution < 1.29 is 4.42 Å². The summed E-state index contributed by atoms with van der Waals surface area (Å²) in [7, 11) is 0. The van der Waals surface area contributed by atoms with Crippen LogP contribution in [-0.2, 0) is 12.8 Å². The Morgan fingerprint density at radius 1 is 1.38 bits per heavy atom. The second-order valence-corrected chi connectivity index (χ2v) is 4.59. The monoisotopic (exact) mass is 218 g/mol. The SMILES string of the molecule is CCc1nc2cc(CC(C)C)cc(N)c2o1. The molecule has 3 heteroatoms. The van der Waals surface area contributed by atoms with E-state index in [0.717, 1.165) is 29.8 Å². The fourth-order valence-electron chi connectivity index (χ4n) is 1.91. The molecule has 3 nitrogen and oxygen atoms in total. The van der Waals surface area contributed by atoms with Gasteiger partial charge in [-0.15, -0.1) is 0 Å². The summed E-state index contributed by atoms with van der Waals surface area (Å²) in [5.41, 5.74) is 9.50. The van der Waals surface area contributed by atoms with Crippen LogP contribution in [-0.4, -0.2) is 4.98 Å². The van der Waals surface area contributed by atoms with Crippen molar-refractivity contribution in [3.05, 3.63) is 23.6 Å². The molecular formula is C13H18N2O. The second-order valence-electron chi connectivity index (χ2n) is 4.59. The molecule has 0 saturated carbocycles. The number of fused-ring (bicyclic) bond motifs is 1. The van der Waals surface area contributed by atoms with E-state index >= 15 is 0 Å². The van der Waals surface area contributed by atoms with Gasteiger partial charge in [0.2, 0.25) is 0 Å². The summed E-state index contributed by atoms with van der Waals surface area (Å²) in [5, 5.41) is 0. The molecule has 2 N–H and O–H groups in total. The van der Waals surface area contributed by atoms with Crippen molar-refractivity contribution in [3.8, 4) is 0 Å². The zero-order valence-electron chi connectivity index (χ0n) is 10.1. The number of oxazole rings is 1. The number of benzene rings is 1. The second kappa shape index (κ2) is 4.16. The van der Waals surface area contributed by atoms with E-state index in [1.807, 2.05) is 13.0 Å². The first-order valence-corrected chi connectivity index (χ1v) is 5.78. The Morgan fingerprint density at radius 2 is 2.12 bits per heavy atom. The maximum absolute atomic E-state index is 5.97. The van der Waals surface area contributed by atoms with Gasteiger partial charge < -0.3 is 10.2 Å². The Bertz CT molecular complexity index is 500. The molecule has 1 aromatic carbocycles. The van der Waals surface area contributed by atoms with Crippen molar-refractivity contribution >= 4 is 16.8 Å². The van der Waals surface area contributed by atoms with Gasteiger partial charge in [-0.1, -0.05) is 20.8 Å². The molecule has 1 heterocycles. The smallest absolute Gasteiger partial charge is 0.195 e. The van der Waals surface area contributed by atoms with E-state index in [-0.39, 0.29) is 0 Å². The summed E-state index contributed by atoms with van der Waals surface area (Å²) in [5.74, 6) is 1.37. The molecule has 0 aliphatic rings. The number of rotatable bonds is 3. The Balaban J connectivity index is 2.48. The zero-order valence-corrected chi connectivity index (χ0v) is 10.1. The van der Waals surface area contributed by atoms with E-state index in [1.165, 1.54) is 5.56 Å². The summed E-state index contributed by atoms with van der Waals surface area (Å²) < 4.78 is 5.57. The van der Waals surface area contributed by atoms with Crippen LogP contribution in [0.25, 0.3) is 11.1 Å². The van der Waals surface area contributed by atoms with Crippen molar-refractivity contribution in [2.75, 3.05) is 5.73 Å². The number of anilines is 1. The molecule has 86 valence electrons.